The van der Waals surface area contributed by atoms with E-state index < -0.39 is 0 Å². The molecule has 5 saturated carbocycles. The monoisotopic (exact) mass is 441 g/mol. The van der Waals surface area contributed by atoms with Crippen LogP contribution in [-0.4, -0.2) is 17.8 Å². The van der Waals surface area contributed by atoms with Gasteiger partial charge in [0.15, 0.2) is 0 Å². The van der Waals surface area contributed by atoms with Crippen molar-refractivity contribution in [1.29, 1.82) is 0 Å². The van der Waals surface area contributed by atoms with E-state index in [1.54, 1.807) is 0 Å². The van der Waals surface area contributed by atoms with Crippen LogP contribution in [0.5, 0.6) is 0 Å². The Balaban J connectivity index is 1.55. The van der Waals surface area contributed by atoms with Crippen molar-refractivity contribution >= 4 is 0 Å². The molecule has 32 heavy (non-hydrogen) atoms. The van der Waals surface area contributed by atoms with E-state index in [0.717, 1.165) is 17.8 Å². The molecule has 0 aliphatic heterocycles. The Labute approximate surface area is 198 Å². The molecule has 0 amide bonds. The zero-order valence-corrected chi connectivity index (χ0v) is 22.0. The summed E-state index contributed by atoms with van der Waals surface area (Å²) in [5.74, 6) is 3.57. The molecular weight excluding hydrogens is 390 g/mol. The Hall–Kier alpha value is -0.340. The first-order valence-corrected chi connectivity index (χ1v) is 13.9. The molecule has 0 aromatic carbocycles. The van der Waals surface area contributed by atoms with Crippen molar-refractivity contribution in [2.75, 3.05) is 6.61 Å². The van der Waals surface area contributed by atoms with Crippen molar-refractivity contribution < 1.29 is 5.11 Å². The number of rotatable bonds is 2. The Bertz CT molecular complexity index is 788. The van der Waals surface area contributed by atoms with Crippen LogP contribution in [0.25, 0.3) is 0 Å². The largest absolute Gasteiger partial charge is 0.396 e. The van der Waals surface area contributed by atoms with Crippen LogP contribution in [0.2, 0.25) is 0 Å². The lowest BCUT2D eigenvalue weighted by atomic mass is 9.32. The van der Waals surface area contributed by atoms with E-state index in [0.29, 0.717) is 40.7 Å². The minimum atomic E-state index is 0.164. The second kappa shape index (κ2) is 7.09. The van der Waals surface area contributed by atoms with Crippen molar-refractivity contribution in [2.24, 2.45) is 62.4 Å². The van der Waals surface area contributed by atoms with E-state index >= 15 is 0 Å². The maximum Gasteiger partial charge on any atom is 0.0490 e. The van der Waals surface area contributed by atoms with Crippen LogP contribution in [0.3, 0.4) is 0 Å². The highest BCUT2D eigenvalue weighted by Gasteiger charge is 2.70. The minimum Gasteiger partial charge on any atom is -0.396 e. The molecule has 10 atom stereocenters. The number of hydrogen-bond acceptors (Lipinski definition) is 2. The van der Waals surface area contributed by atoms with Gasteiger partial charge in [0, 0.05) is 12.6 Å². The van der Waals surface area contributed by atoms with Gasteiger partial charge in [0.1, 0.15) is 0 Å². The fourth-order valence-corrected chi connectivity index (χ4v) is 11.6. The van der Waals surface area contributed by atoms with Gasteiger partial charge in [-0.1, -0.05) is 46.8 Å². The first-order chi connectivity index (χ1) is 14.9. The molecule has 5 fully saturated rings. The molecule has 5 rings (SSSR count). The first-order valence-electron chi connectivity index (χ1n) is 13.9. The molecule has 0 bridgehead atoms. The molecule has 2 heteroatoms. The predicted octanol–water partition coefficient (Wildman–Crippen LogP) is 6.96. The normalized spacial score (nSPS) is 56.5. The van der Waals surface area contributed by atoms with Gasteiger partial charge in [-0.05, 0) is 128 Å². The van der Waals surface area contributed by atoms with Gasteiger partial charge in [0.2, 0.25) is 0 Å². The first kappa shape index (κ1) is 23.4. The lowest BCUT2D eigenvalue weighted by molar-refractivity contribution is -0.240. The minimum absolute atomic E-state index is 0.164. The standard InChI is InChI=1S/C30H51NO/c1-19(2)20-10-15-30(18-32)17-16-28(6)21(25(20)30)8-9-23-27(5)13-12-24(31)26(3,4)22(27)11-14-29(23,28)7/h20-25,32H,1,8-18,31H2,2-7H3/t20-,21+,22?,23?,24?,25+,27-,28+,29+,30?/m0/s1. The molecular formula is C30H51NO. The van der Waals surface area contributed by atoms with Crippen LogP contribution in [0.15, 0.2) is 12.2 Å². The van der Waals surface area contributed by atoms with Crippen molar-refractivity contribution in [3.05, 3.63) is 12.2 Å². The predicted molar refractivity (Wildman–Crippen MR) is 134 cm³/mol. The lowest BCUT2D eigenvalue weighted by Crippen LogP contribution is -2.67. The molecule has 182 valence electrons. The lowest BCUT2D eigenvalue weighted by Gasteiger charge is -2.73. The second-order valence-corrected chi connectivity index (χ2v) is 14.7. The molecule has 0 heterocycles. The summed E-state index contributed by atoms with van der Waals surface area (Å²) in [6.45, 7) is 20.1. The van der Waals surface area contributed by atoms with Gasteiger partial charge in [0.25, 0.3) is 0 Å². The molecule has 0 saturated heterocycles. The number of aliphatic hydroxyl groups is 1. The second-order valence-electron chi connectivity index (χ2n) is 14.7. The summed E-state index contributed by atoms with van der Waals surface area (Å²) < 4.78 is 0. The van der Waals surface area contributed by atoms with E-state index in [1.165, 1.54) is 69.8 Å². The summed E-state index contributed by atoms with van der Waals surface area (Å²) in [6, 6.07) is 0.353. The van der Waals surface area contributed by atoms with Gasteiger partial charge in [-0.2, -0.15) is 0 Å². The van der Waals surface area contributed by atoms with E-state index in [-0.39, 0.29) is 10.8 Å². The zero-order chi connectivity index (χ0) is 23.3. The van der Waals surface area contributed by atoms with Gasteiger partial charge >= 0.3 is 0 Å². The third kappa shape index (κ3) is 2.66. The zero-order valence-electron chi connectivity index (χ0n) is 22.0. The number of allylic oxidation sites excluding steroid dienone is 1. The van der Waals surface area contributed by atoms with E-state index in [1.807, 2.05) is 0 Å². The maximum absolute atomic E-state index is 10.7. The summed E-state index contributed by atoms with van der Waals surface area (Å²) in [4.78, 5) is 0. The fraction of sp³-hybridized carbons (Fsp3) is 0.933. The van der Waals surface area contributed by atoms with Gasteiger partial charge in [0.05, 0.1) is 0 Å². The third-order valence-electron chi connectivity index (χ3n) is 13.7. The summed E-state index contributed by atoms with van der Waals surface area (Å²) in [5.41, 5.74) is 9.72. The van der Waals surface area contributed by atoms with Crippen molar-refractivity contribution in [3.8, 4) is 0 Å². The van der Waals surface area contributed by atoms with Crippen LogP contribution in [0.1, 0.15) is 106 Å². The topological polar surface area (TPSA) is 46.2 Å². The highest BCUT2D eigenvalue weighted by Crippen LogP contribution is 2.77. The Kier molecular flexibility index (Phi) is 5.19. The van der Waals surface area contributed by atoms with Gasteiger partial charge in [-0.15, -0.1) is 0 Å². The third-order valence-corrected chi connectivity index (χ3v) is 13.7. The van der Waals surface area contributed by atoms with Crippen LogP contribution in [-0.2, 0) is 0 Å². The summed E-state index contributed by atoms with van der Waals surface area (Å²) >= 11 is 0. The molecule has 0 aromatic rings. The number of aliphatic hydroxyl groups excluding tert-OH is 1. The Morgan fingerprint density at radius 1 is 0.844 bits per heavy atom. The van der Waals surface area contributed by atoms with Crippen LogP contribution < -0.4 is 5.73 Å². The molecule has 5 aliphatic rings. The fourth-order valence-electron chi connectivity index (χ4n) is 11.6. The number of hydrogen-bond donors (Lipinski definition) is 2. The summed E-state index contributed by atoms with van der Waals surface area (Å²) in [5, 5.41) is 10.7. The average molecular weight is 442 g/mol. The van der Waals surface area contributed by atoms with E-state index in [2.05, 4.69) is 48.1 Å². The van der Waals surface area contributed by atoms with Crippen molar-refractivity contribution in [1.82, 2.24) is 0 Å². The number of fused-ring (bicyclic) bond motifs is 7. The number of nitrogens with two attached hydrogens (primary N) is 1. The van der Waals surface area contributed by atoms with Crippen LogP contribution >= 0.6 is 0 Å². The summed E-state index contributed by atoms with van der Waals surface area (Å²) in [6.07, 6.45) is 13.0. The Morgan fingerprint density at radius 2 is 1.56 bits per heavy atom. The van der Waals surface area contributed by atoms with Crippen LogP contribution in [0.4, 0.5) is 0 Å². The van der Waals surface area contributed by atoms with Crippen molar-refractivity contribution in [2.45, 2.75) is 112 Å². The van der Waals surface area contributed by atoms with Crippen LogP contribution in [0, 0.1) is 56.7 Å². The molecule has 0 radical (unpaired) electrons. The molecule has 5 aliphatic carbocycles. The smallest absolute Gasteiger partial charge is 0.0490 e. The van der Waals surface area contributed by atoms with E-state index in [9.17, 15) is 5.11 Å². The highest BCUT2D eigenvalue weighted by atomic mass is 16.3. The van der Waals surface area contributed by atoms with E-state index in [4.69, 9.17) is 5.73 Å². The molecule has 3 N–H and O–H groups in total. The van der Waals surface area contributed by atoms with Crippen molar-refractivity contribution in [3.63, 3.8) is 0 Å². The average Bonchev–Trinajstić information content (AvgIpc) is 3.12. The maximum atomic E-state index is 10.7. The van der Waals surface area contributed by atoms with Gasteiger partial charge in [-0.3, -0.25) is 0 Å². The van der Waals surface area contributed by atoms with Gasteiger partial charge < -0.3 is 10.8 Å². The van der Waals surface area contributed by atoms with Gasteiger partial charge in [-0.25, -0.2) is 0 Å². The molecule has 0 spiro atoms. The quantitative estimate of drug-likeness (QED) is 0.455. The SMILES string of the molecule is C=C(C)[C@@H]1CCC2(CO)CC[C@]3(C)[C@H](CCC4[C@@]5(C)CCC(N)C(C)(C)C5CC[C@]43C)[C@@H]12. The highest BCUT2D eigenvalue weighted by molar-refractivity contribution is 5.21. The molecule has 2 nitrogen and oxygen atoms in total. The molecule has 0 aromatic heterocycles. The summed E-state index contributed by atoms with van der Waals surface area (Å²) in [7, 11) is 0. The Morgan fingerprint density at radius 3 is 2.22 bits per heavy atom. The molecule has 4 unspecified atom stereocenters.